The maximum Gasteiger partial charge on any atom is 0.291 e. The Balaban J connectivity index is 2.11. The standard InChI is InChI=1S/C17H16FN9OS/c1-26-14-9(6-24-27(17(14)28)7-12(23)8(3-19)4-20)15-16(26)25-13(29-15)2-11(22)10(18)5-21/h3,5-6,19,21H,2,7,22-23H2,1H3. The van der Waals surface area contributed by atoms with Crippen molar-refractivity contribution in [3.05, 3.63) is 44.4 Å². The maximum absolute atomic E-state index is 13.4. The lowest BCUT2D eigenvalue weighted by atomic mass is 10.2. The second-order valence-electron chi connectivity index (χ2n) is 6.08. The minimum atomic E-state index is -0.814. The van der Waals surface area contributed by atoms with Gasteiger partial charge in [0.15, 0.2) is 11.5 Å². The summed E-state index contributed by atoms with van der Waals surface area (Å²) in [7, 11) is 1.68. The summed E-state index contributed by atoms with van der Waals surface area (Å²) in [6, 6.07) is 1.79. The van der Waals surface area contributed by atoms with Gasteiger partial charge in [0, 0.05) is 30.8 Å². The molecule has 12 heteroatoms. The zero-order chi connectivity index (χ0) is 21.3. The summed E-state index contributed by atoms with van der Waals surface area (Å²) in [6.45, 7) is -0.130. The summed E-state index contributed by atoms with van der Waals surface area (Å²) in [4.78, 5) is 17.3. The lowest BCUT2D eigenvalue weighted by Crippen LogP contribution is -2.27. The third-order valence-corrected chi connectivity index (χ3v) is 5.35. The maximum atomic E-state index is 13.4. The molecule has 148 valence electrons. The van der Waals surface area contributed by atoms with Crippen molar-refractivity contribution in [2.45, 2.75) is 13.0 Å². The van der Waals surface area contributed by atoms with E-state index in [-0.39, 0.29) is 29.9 Å². The van der Waals surface area contributed by atoms with Crippen LogP contribution in [0.25, 0.3) is 21.3 Å². The summed E-state index contributed by atoms with van der Waals surface area (Å²) in [5.41, 5.74) is 11.8. The number of fused-ring (bicyclic) bond motifs is 3. The summed E-state index contributed by atoms with van der Waals surface area (Å²) >= 11 is 1.26. The van der Waals surface area contributed by atoms with Crippen LogP contribution in [-0.4, -0.2) is 31.8 Å². The van der Waals surface area contributed by atoms with Crippen LogP contribution in [0.2, 0.25) is 0 Å². The smallest absolute Gasteiger partial charge is 0.291 e. The predicted molar refractivity (Wildman–Crippen MR) is 109 cm³/mol. The Morgan fingerprint density at radius 1 is 1.38 bits per heavy atom. The van der Waals surface area contributed by atoms with Crippen LogP contribution in [0.4, 0.5) is 4.39 Å². The highest BCUT2D eigenvalue weighted by Gasteiger charge is 2.19. The van der Waals surface area contributed by atoms with Crippen molar-refractivity contribution >= 4 is 45.0 Å². The second kappa shape index (κ2) is 7.64. The molecule has 0 saturated heterocycles. The quantitative estimate of drug-likeness (QED) is 0.347. The fraction of sp³-hybridized carbons (Fsp3) is 0.176. The van der Waals surface area contributed by atoms with E-state index in [1.54, 1.807) is 17.7 Å². The number of thiazole rings is 1. The van der Waals surface area contributed by atoms with Gasteiger partial charge in [-0.3, -0.25) is 4.79 Å². The van der Waals surface area contributed by atoms with Crippen LogP contribution in [0.3, 0.4) is 0 Å². The van der Waals surface area contributed by atoms with E-state index in [2.05, 4.69) is 10.1 Å². The number of nitriles is 1. The number of hydrogen-bond donors (Lipinski definition) is 4. The molecule has 0 fully saturated rings. The number of nitrogens with zero attached hydrogens (tertiary/aromatic N) is 5. The van der Waals surface area contributed by atoms with Crippen LogP contribution >= 0.6 is 11.3 Å². The van der Waals surface area contributed by atoms with E-state index in [1.807, 2.05) is 0 Å². The predicted octanol–water partition coefficient (Wildman–Crippen LogP) is 1.06. The van der Waals surface area contributed by atoms with Crippen molar-refractivity contribution in [2.75, 3.05) is 0 Å². The van der Waals surface area contributed by atoms with Crippen molar-refractivity contribution in [3.63, 3.8) is 0 Å². The van der Waals surface area contributed by atoms with Crippen LogP contribution < -0.4 is 17.0 Å². The average Bonchev–Trinajstić information content (AvgIpc) is 3.22. The molecule has 0 aliphatic heterocycles. The molecule has 0 radical (unpaired) electrons. The first-order valence-corrected chi connectivity index (χ1v) is 9.01. The average molecular weight is 413 g/mol. The molecule has 3 aromatic rings. The normalized spacial score (nSPS) is 13.1. The van der Waals surface area contributed by atoms with Gasteiger partial charge >= 0.3 is 0 Å². The number of halogens is 1. The number of rotatable bonds is 6. The van der Waals surface area contributed by atoms with Crippen molar-refractivity contribution in [2.24, 2.45) is 18.5 Å². The number of aromatic nitrogens is 4. The van der Waals surface area contributed by atoms with E-state index in [4.69, 9.17) is 27.5 Å². The highest BCUT2D eigenvalue weighted by atomic mass is 32.1. The van der Waals surface area contributed by atoms with E-state index in [1.165, 1.54) is 17.5 Å². The topological polar surface area (TPSA) is 176 Å². The summed E-state index contributed by atoms with van der Waals surface area (Å²) < 4.78 is 16.8. The molecule has 29 heavy (non-hydrogen) atoms. The molecule has 0 saturated carbocycles. The van der Waals surface area contributed by atoms with Gasteiger partial charge in [-0.2, -0.15) is 10.4 Å². The van der Waals surface area contributed by atoms with Gasteiger partial charge in [-0.05, 0) is 0 Å². The molecule has 0 amide bonds. The van der Waals surface area contributed by atoms with Crippen LogP contribution in [0.15, 0.2) is 33.8 Å². The third-order valence-electron chi connectivity index (χ3n) is 4.28. The van der Waals surface area contributed by atoms with E-state index in [0.29, 0.717) is 32.5 Å². The first-order chi connectivity index (χ1) is 13.8. The largest absolute Gasteiger partial charge is 0.399 e. The molecular formula is C17H16FN9OS. The highest BCUT2D eigenvalue weighted by molar-refractivity contribution is 7.19. The van der Waals surface area contributed by atoms with E-state index in [0.717, 1.165) is 10.9 Å². The monoisotopic (exact) mass is 413 g/mol. The van der Waals surface area contributed by atoms with Crippen LogP contribution in [0, 0.1) is 22.1 Å². The van der Waals surface area contributed by atoms with Crippen molar-refractivity contribution in [1.29, 1.82) is 16.1 Å². The Morgan fingerprint density at radius 3 is 2.72 bits per heavy atom. The molecule has 0 aromatic carbocycles. The molecule has 3 heterocycles. The third kappa shape index (κ3) is 3.39. The number of nitrogens with one attached hydrogen (secondary N) is 2. The van der Waals surface area contributed by atoms with Gasteiger partial charge in [0.05, 0.1) is 34.9 Å². The Morgan fingerprint density at radius 2 is 2.10 bits per heavy atom. The van der Waals surface area contributed by atoms with E-state index >= 15 is 0 Å². The van der Waals surface area contributed by atoms with Gasteiger partial charge < -0.3 is 26.9 Å². The Labute approximate surface area is 167 Å². The number of hydrogen-bond acceptors (Lipinski definition) is 9. The van der Waals surface area contributed by atoms with E-state index in [9.17, 15) is 9.18 Å². The molecular weight excluding hydrogens is 397 g/mol. The first kappa shape index (κ1) is 19.9. The van der Waals surface area contributed by atoms with Crippen LogP contribution in [0.1, 0.15) is 5.01 Å². The molecule has 3 aromatic heterocycles. The van der Waals surface area contributed by atoms with Gasteiger partial charge in [-0.15, -0.1) is 11.3 Å². The molecule has 0 aliphatic carbocycles. The molecule has 0 bridgehead atoms. The number of allylic oxidation sites excluding steroid dienone is 4. The molecule has 0 aliphatic rings. The molecule has 6 N–H and O–H groups in total. The van der Waals surface area contributed by atoms with Gasteiger partial charge in [-0.25, -0.2) is 14.1 Å². The zero-order valence-electron chi connectivity index (χ0n) is 15.2. The Bertz CT molecular complexity index is 1320. The Hall–Kier alpha value is -3.85. The Kier molecular flexibility index (Phi) is 5.24. The minimum absolute atomic E-state index is 0.0410. The van der Waals surface area contributed by atoms with Crippen LogP contribution in [-0.2, 0) is 20.0 Å². The number of aryl methyl sites for hydroxylation is 1. The van der Waals surface area contributed by atoms with Gasteiger partial charge in [0.25, 0.3) is 5.56 Å². The fourth-order valence-electron chi connectivity index (χ4n) is 2.80. The molecule has 0 atom stereocenters. The lowest BCUT2D eigenvalue weighted by Gasteiger charge is -2.06. The second-order valence-corrected chi connectivity index (χ2v) is 7.16. The van der Waals surface area contributed by atoms with Gasteiger partial charge in [0.1, 0.15) is 16.6 Å². The first-order valence-electron chi connectivity index (χ1n) is 8.20. The minimum Gasteiger partial charge on any atom is -0.399 e. The van der Waals surface area contributed by atoms with Crippen molar-refractivity contribution in [3.8, 4) is 6.07 Å². The molecule has 0 unspecified atom stereocenters. The SMILES string of the molecule is Cn1c2nc(CC(N)=C(F)C=N)sc2c2cnn(CC(N)=C(C#N)C=N)c(=O)c21. The van der Waals surface area contributed by atoms with Gasteiger partial charge in [-0.1, -0.05) is 0 Å². The summed E-state index contributed by atoms with van der Waals surface area (Å²) in [5, 5.41) is 28.3. The highest BCUT2D eigenvalue weighted by Crippen LogP contribution is 2.31. The fourth-order valence-corrected chi connectivity index (χ4v) is 3.93. The van der Waals surface area contributed by atoms with Crippen LogP contribution in [0.5, 0.6) is 0 Å². The molecule has 3 rings (SSSR count). The van der Waals surface area contributed by atoms with E-state index < -0.39 is 11.4 Å². The lowest BCUT2D eigenvalue weighted by molar-refractivity contribution is 0.631. The summed E-state index contributed by atoms with van der Waals surface area (Å²) in [6.07, 6.45) is 2.92. The zero-order valence-corrected chi connectivity index (χ0v) is 16.0. The number of nitrogens with two attached hydrogens (primary N) is 2. The molecule has 10 nitrogen and oxygen atoms in total. The van der Waals surface area contributed by atoms with Gasteiger partial charge in [0.2, 0.25) is 0 Å². The van der Waals surface area contributed by atoms with Crippen molar-refractivity contribution in [1.82, 2.24) is 19.3 Å². The summed E-state index contributed by atoms with van der Waals surface area (Å²) in [5.74, 6) is -0.814. The van der Waals surface area contributed by atoms with Crippen molar-refractivity contribution < 1.29 is 4.39 Å². The molecule has 0 spiro atoms.